The fraction of sp³-hybridized carbons (Fsp3) is 0.333. The average Bonchev–Trinajstić information content (AvgIpc) is 2.87. The molecule has 1 heterocycles. The number of nitrogens with zero attached hydrogens (tertiary/aromatic N) is 3. The van der Waals surface area contributed by atoms with Crippen LogP contribution in [0.25, 0.3) is 5.69 Å². The van der Waals surface area contributed by atoms with Crippen LogP contribution in [0.4, 0.5) is 13.2 Å². The molecule has 0 amide bonds. The van der Waals surface area contributed by atoms with Crippen molar-refractivity contribution in [1.29, 1.82) is 0 Å². The number of hydrogen-bond acceptors (Lipinski definition) is 4. The molecule has 0 bridgehead atoms. The monoisotopic (exact) mass is 286 g/mol. The van der Waals surface area contributed by atoms with E-state index in [0.717, 1.165) is 10.7 Å². The maximum atomic E-state index is 13.6. The van der Waals surface area contributed by atoms with Crippen molar-refractivity contribution in [3.05, 3.63) is 41.5 Å². The van der Waals surface area contributed by atoms with Crippen molar-refractivity contribution in [3.8, 4) is 5.69 Å². The van der Waals surface area contributed by atoms with Gasteiger partial charge in [-0.05, 0) is 0 Å². The highest BCUT2D eigenvalue weighted by atomic mass is 19.2. The maximum absolute atomic E-state index is 13.6. The molecule has 0 aliphatic rings. The Balaban J connectivity index is 2.10. The summed E-state index contributed by atoms with van der Waals surface area (Å²) in [5, 5.41) is 10.5. The topological polar surface area (TPSA) is 52.0 Å². The van der Waals surface area contributed by atoms with Gasteiger partial charge in [0.1, 0.15) is 5.69 Å². The Hall–Kier alpha value is -1.93. The number of aromatic nitrogens is 3. The Labute approximate surface area is 113 Å². The third-order valence-electron chi connectivity index (χ3n) is 2.57. The zero-order chi connectivity index (χ0) is 14.5. The Morgan fingerprint density at radius 3 is 2.70 bits per heavy atom. The van der Waals surface area contributed by atoms with Crippen LogP contribution in [-0.2, 0) is 11.3 Å². The molecule has 108 valence electrons. The smallest absolute Gasteiger partial charge is 0.161 e. The zero-order valence-corrected chi connectivity index (χ0v) is 10.7. The lowest BCUT2D eigenvalue weighted by Crippen LogP contribution is -2.18. The van der Waals surface area contributed by atoms with Crippen molar-refractivity contribution in [2.45, 2.75) is 6.54 Å². The summed E-state index contributed by atoms with van der Waals surface area (Å²) in [6, 6.07) is 1.21. The summed E-state index contributed by atoms with van der Waals surface area (Å²) < 4.78 is 45.4. The molecule has 0 aliphatic carbocycles. The largest absolute Gasteiger partial charge is 0.383 e. The molecule has 2 aromatic rings. The summed E-state index contributed by atoms with van der Waals surface area (Å²) in [7, 11) is 1.59. The minimum Gasteiger partial charge on any atom is -0.383 e. The van der Waals surface area contributed by atoms with E-state index in [-0.39, 0.29) is 5.69 Å². The summed E-state index contributed by atoms with van der Waals surface area (Å²) in [6.45, 7) is 1.59. The van der Waals surface area contributed by atoms with Gasteiger partial charge in [-0.25, -0.2) is 17.9 Å². The lowest BCUT2D eigenvalue weighted by atomic mass is 10.3. The van der Waals surface area contributed by atoms with Crippen LogP contribution in [0, 0.1) is 17.5 Å². The van der Waals surface area contributed by atoms with Crippen LogP contribution in [0.2, 0.25) is 0 Å². The molecular formula is C12H13F3N4O. The molecule has 2 rings (SSSR count). The van der Waals surface area contributed by atoms with Crippen molar-refractivity contribution < 1.29 is 17.9 Å². The van der Waals surface area contributed by atoms with Crippen LogP contribution in [0.5, 0.6) is 0 Å². The molecule has 1 aromatic heterocycles. The molecule has 0 atom stereocenters. The highest BCUT2D eigenvalue weighted by Crippen LogP contribution is 2.17. The van der Waals surface area contributed by atoms with Gasteiger partial charge in [0.25, 0.3) is 0 Å². The van der Waals surface area contributed by atoms with Crippen molar-refractivity contribution in [1.82, 2.24) is 20.3 Å². The van der Waals surface area contributed by atoms with Crippen LogP contribution in [0.1, 0.15) is 5.69 Å². The predicted octanol–water partition coefficient (Wildman–Crippen LogP) is 1.42. The van der Waals surface area contributed by atoms with Crippen LogP contribution >= 0.6 is 0 Å². The first-order valence-electron chi connectivity index (χ1n) is 5.87. The molecule has 0 radical (unpaired) electrons. The van der Waals surface area contributed by atoms with Gasteiger partial charge in [-0.1, -0.05) is 5.21 Å². The second kappa shape index (κ2) is 6.49. The fourth-order valence-electron chi connectivity index (χ4n) is 1.58. The third-order valence-corrected chi connectivity index (χ3v) is 2.57. The molecule has 0 spiro atoms. The molecule has 1 aromatic carbocycles. The number of rotatable bonds is 6. The molecule has 0 unspecified atom stereocenters. The minimum absolute atomic E-state index is 0.195. The summed E-state index contributed by atoms with van der Waals surface area (Å²) in [5.41, 5.74) is 0.352. The van der Waals surface area contributed by atoms with Gasteiger partial charge in [0, 0.05) is 32.3 Å². The number of methoxy groups -OCH3 is 1. The van der Waals surface area contributed by atoms with E-state index in [4.69, 9.17) is 4.74 Å². The summed E-state index contributed by atoms with van der Waals surface area (Å²) in [4.78, 5) is 0. The van der Waals surface area contributed by atoms with E-state index < -0.39 is 17.5 Å². The SMILES string of the molecule is COCCNCc1cn(-c2cc(F)c(F)cc2F)nn1. The van der Waals surface area contributed by atoms with E-state index in [1.165, 1.54) is 6.20 Å². The molecule has 0 saturated carbocycles. The first kappa shape index (κ1) is 14.5. The standard InChI is InChI=1S/C12H13F3N4O/c1-20-3-2-16-6-8-7-19(18-17-8)12-5-10(14)9(13)4-11(12)15/h4-5,7,16H,2-3,6H2,1H3. The van der Waals surface area contributed by atoms with Crippen LogP contribution < -0.4 is 5.32 Å². The van der Waals surface area contributed by atoms with E-state index in [1.807, 2.05) is 0 Å². The van der Waals surface area contributed by atoms with Gasteiger partial charge in [-0.3, -0.25) is 0 Å². The Kier molecular flexibility index (Phi) is 4.70. The summed E-state index contributed by atoms with van der Waals surface area (Å²) >= 11 is 0. The number of halogens is 3. The predicted molar refractivity (Wildman–Crippen MR) is 64.8 cm³/mol. The van der Waals surface area contributed by atoms with Gasteiger partial charge in [0.05, 0.1) is 18.5 Å². The number of ether oxygens (including phenoxy) is 1. The number of benzene rings is 1. The third kappa shape index (κ3) is 3.34. The van der Waals surface area contributed by atoms with Gasteiger partial charge in [0.2, 0.25) is 0 Å². The average molecular weight is 286 g/mol. The van der Waals surface area contributed by atoms with E-state index in [9.17, 15) is 13.2 Å². The Bertz CT molecular complexity index is 588. The van der Waals surface area contributed by atoms with Gasteiger partial charge in [-0.2, -0.15) is 0 Å². The van der Waals surface area contributed by atoms with E-state index in [0.29, 0.717) is 31.5 Å². The highest BCUT2D eigenvalue weighted by molar-refractivity contribution is 5.33. The van der Waals surface area contributed by atoms with E-state index in [2.05, 4.69) is 15.6 Å². The Morgan fingerprint density at radius 1 is 1.20 bits per heavy atom. The fourth-order valence-corrected chi connectivity index (χ4v) is 1.58. The maximum Gasteiger partial charge on any atom is 0.161 e. The first-order valence-corrected chi connectivity index (χ1v) is 5.87. The summed E-state index contributed by atoms with van der Waals surface area (Å²) in [6.07, 6.45) is 1.44. The Morgan fingerprint density at radius 2 is 1.95 bits per heavy atom. The molecule has 8 heteroatoms. The lowest BCUT2D eigenvalue weighted by Gasteiger charge is -2.03. The van der Waals surface area contributed by atoms with Crippen LogP contribution in [0.3, 0.4) is 0 Å². The van der Waals surface area contributed by atoms with Crippen molar-refractivity contribution >= 4 is 0 Å². The summed E-state index contributed by atoms with van der Waals surface area (Å²) in [5.74, 6) is -3.29. The molecule has 1 N–H and O–H groups in total. The number of nitrogens with one attached hydrogen (secondary N) is 1. The number of hydrogen-bond donors (Lipinski definition) is 1. The molecule has 0 aliphatic heterocycles. The van der Waals surface area contributed by atoms with Gasteiger partial charge in [-0.15, -0.1) is 5.10 Å². The second-order valence-corrected chi connectivity index (χ2v) is 4.04. The van der Waals surface area contributed by atoms with E-state index >= 15 is 0 Å². The van der Waals surface area contributed by atoms with Crippen molar-refractivity contribution in [2.24, 2.45) is 0 Å². The van der Waals surface area contributed by atoms with Crippen molar-refractivity contribution in [2.75, 3.05) is 20.3 Å². The van der Waals surface area contributed by atoms with E-state index in [1.54, 1.807) is 7.11 Å². The zero-order valence-electron chi connectivity index (χ0n) is 10.7. The molecular weight excluding hydrogens is 273 g/mol. The molecule has 0 fully saturated rings. The van der Waals surface area contributed by atoms with Crippen molar-refractivity contribution in [3.63, 3.8) is 0 Å². The van der Waals surface area contributed by atoms with Gasteiger partial charge >= 0.3 is 0 Å². The highest BCUT2D eigenvalue weighted by Gasteiger charge is 2.13. The molecule has 5 nitrogen and oxygen atoms in total. The quantitative estimate of drug-likeness (QED) is 0.644. The minimum atomic E-state index is -1.24. The molecule has 20 heavy (non-hydrogen) atoms. The first-order chi connectivity index (χ1) is 9.61. The molecule has 0 saturated heterocycles. The van der Waals surface area contributed by atoms with Crippen LogP contribution in [-0.4, -0.2) is 35.3 Å². The van der Waals surface area contributed by atoms with Crippen LogP contribution in [0.15, 0.2) is 18.3 Å². The second-order valence-electron chi connectivity index (χ2n) is 4.04. The lowest BCUT2D eigenvalue weighted by molar-refractivity contribution is 0.199. The van der Waals surface area contributed by atoms with Gasteiger partial charge in [0.15, 0.2) is 17.5 Å². The normalized spacial score (nSPS) is 11.0. The van der Waals surface area contributed by atoms with Gasteiger partial charge < -0.3 is 10.1 Å².